The van der Waals surface area contributed by atoms with Crippen molar-refractivity contribution in [1.29, 1.82) is 0 Å². The second kappa shape index (κ2) is 8.41. The minimum Gasteiger partial charge on any atom is -0.500 e. The van der Waals surface area contributed by atoms with Crippen LogP contribution >= 0.6 is 24.0 Å². The Hall–Kier alpha value is -2.91. The standard InChI is InChI=1S/C19H16N2O5S2/c1-2-26-15-9-13(8-14(17(15)22)21(24)25)10-16-18(23)20(19(27)28-16)11-12-6-4-3-5-7-12/h3-10,22H,2,11H2,1H3/b16-10+. The van der Waals surface area contributed by atoms with E-state index in [-0.39, 0.29) is 18.3 Å². The molecular formula is C19H16N2O5S2. The van der Waals surface area contributed by atoms with Crippen LogP contribution in [0.5, 0.6) is 11.5 Å². The number of hydrogen-bond donors (Lipinski definition) is 1. The van der Waals surface area contributed by atoms with Gasteiger partial charge in [0.25, 0.3) is 5.91 Å². The number of benzene rings is 2. The quantitative estimate of drug-likeness (QED) is 0.328. The van der Waals surface area contributed by atoms with E-state index in [0.29, 0.717) is 21.3 Å². The summed E-state index contributed by atoms with van der Waals surface area (Å²) in [7, 11) is 0. The first-order valence-electron chi connectivity index (χ1n) is 8.34. The SMILES string of the molecule is CCOc1cc(/C=C2/SC(=S)N(Cc3ccccc3)C2=O)cc([N+](=O)[O-])c1O. The molecule has 0 radical (unpaired) electrons. The summed E-state index contributed by atoms with van der Waals surface area (Å²) in [5, 5.41) is 21.2. The largest absolute Gasteiger partial charge is 0.500 e. The number of phenols is 1. The molecule has 28 heavy (non-hydrogen) atoms. The van der Waals surface area contributed by atoms with Crippen LogP contribution in [0.25, 0.3) is 6.08 Å². The second-order valence-electron chi connectivity index (χ2n) is 5.83. The van der Waals surface area contributed by atoms with Gasteiger partial charge in [-0.3, -0.25) is 19.8 Å². The minimum atomic E-state index is -0.699. The number of hydrogen-bond acceptors (Lipinski definition) is 7. The fourth-order valence-corrected chi connectivity index (χ4v) is 3.91. The van der Waals surface area contributed by atoms with Crippen LogP contribution in [0.15, 0.2) is 47.4 Å². The van der Waals surface area contributed by atoms with Crippen molar-refractivity contribution < 1.29 is 19.6 Å². The van der Waals surface area contributed by atoms with Gasteiger partial charge < -0.3 is 9.84 Å². The van der Waals surface area contributed by atoms with Crippen molar-refractivity contribution in [2.45, 2.75) is 13.5 Å². The lowest BCUT2D eigenvalue weighted by molar-refractivity contribution is -0.386. The number of rotatable bonds is 6. The lowest BCUT2D eigenvalue weighted by Crippen LogP contribution is -2.27. The highest BCUT2D eigenvalue weighted by Gasteiger charge is 2.32. The van der Waals surface area contributed by atoms with Crippen LogP contribution in [-0.4, -0.2) is 31.8 Å². The molecule has 9 heteroatoms. The summed E-state index contributed by atoms with van der Waals surface area (Å²) < 4.78 is 5.68. The van der Waals surface area contributed by atoms with Crippen molar-refractivity contribution in [1.82, 2.24) is 4.90 Å². The molecule has 0 bridgehead atoms. The van der Waals surface area contributed by atoms with Gasteiger partial charge in [-0.15, -0.1) is 0 Å². The zero-order valence-corrected chi connectivity index (χ0v) is 16.5. The molecule has 3 rings (SSSR count). The predicted molar refractivity (Wildman–Crippen MR) is 111 cm³/mol. The number of ether oxygens (including phenoxy) is 1. The molecule has 0 aliphatic carbocycles. The first kappa shape index (κ1) is 19.8. The van der Waals surface area contributed by atoms with Gasteiger partial charge in [-0.2, -0.15) is 0 Å². The van der Waals surface area contributed by atoms with E-state index in [1.807, 2.05) is 30.3 Å². The summed E-state index contributed by atoms with van der Waals surface area (Å²) in [6, 6.07) is 12.1. The molecule has 144 valence electrons. The number of amides is 1. The average molecular weight is 416 g/mol. The molecule has 1 fully saturated rings. The molecule has 2 aromatic rings. The third kappa shape index (κ3) is 4.15. The molecule has 2 aromatic carbocycles. The maximum atomic E-state index is 12.8. The van der Waals surface area contributed by atoms with Crippen LogP contribution in [0, 0.1) is 10.1 Å². The minimum absolute atomic E-state index is 0.0114. The number of carbonyl (C=O) groups excluding carboxylic acids is 1. The summed E-state index contributed by atoms with van der Waals surface area (Å²) >= 11 is 6.45. The highest BCUT2D eigenvalue weighted by Crippen LogP contribution is 2.39. The van der Waals surface area contributed by atoms with E-state index < -0.39 is 16.4 Å². The van der Waals surface area contributed by atoms with Crippen molar-refractivity contribution >= 4 is 46.0 Å². The van der Waals surface area contributed by atoms with Gasteiger partial charge in [-0.05, 0) is 30.2 Å². The van der Waals surface area contributed by atoms with Gasteiger partial charge in [0.15, 0.2) is 5.75 Å². The average Bonchev–Trinajstić information content (AvgIpc) is 2.92. The molecule has 0 aromatic heterocycles. The Labute approximate surface area is 170 Å². The molecule has 1 aliphatic rings. The van der Waals surface area contributed by atoms with Crippen molar-refractivity contribution in [3.05, 3.63) is 68.6 Å². The number of thiocarbonyl (C=S) groups is 1. The Bertz CT molecular complexity index is 976. The second-order valence-corrected chi connectivity index (χ2v) is 7.51. The van der Waals surface area contributed by atoms with Gasteiger partial charge in [0.05, 0.1) is 23.0 Å². The number of nitro groups is 1. The fraction of sp³-hybridized carbons (Fsp3) is 0.158. The highest BCUT2D eigenvalue weighted by atomic mass is 32.2. The molecule has 1 aliphatic heterocycles. The molecule has 1 N–H and O–H groups in total. The topological polar surface area (TPSA) is 92.9 Å². The van der Waals surface area contributed by atoms with Crippen molar-refractivity contribution in [3.8, 4) is 11.5 Å². The third-order valence-corrected chi connectivity index (χ3v) is 5.31. The number of thioether (sulfide) groups is 1. The maximum absolute atomic E-state index is 12.8. The highest BCUT2D eigenvalue weighted by molar-refractivity contribution is 8.26. The van der Waals surface area contributed by atoms with Gasteiger partial charge in [0.2, 0.25) is 5.75 Å². The normalized spacial score (nSPS) is 15.3. The lowest BCUT2D eigenvalue weighted by Gasteiger charge is -2.14. The summed E-state index contributed by atoms with van der Waals surface area (Å²) in [6.45, 7) is 2.28. The summed E-state index contributed by atoms with van der Waals surface area (Å²) in [6.07, 6.45) is 1.51. The lowest BCUT2D eigenvalue weighted by atomic mass is 10.1. The van der Waals surface area contributed by atoms with Gasteiger partial charge in [-0.25, -0.2) is 0 Å². The van der Waals surface area contributed by atoms with Crippen molar-refractivity contribution in [2.75, 3.05) is 6.61 Å². The summed E-state index contributed by atoms with van der Waals surface area (Å²) in [5.74, 6) is -0.823. The zero-order valence-electron chi connectivity index (χ0n) is 14.8. The van der Waals surface area contributed by atoms with Crippen LogP contribution in [-0.2, 0) is 11.3 Å². The Kier molecular flexibility index (Phi) is 5.96. The number of aromatic hydroxyl groups is 1. The smallest absolute Gasteiger partial charge is 0.315 e. The molecule has 1 heterocycles. The van der Waals surface area contributed by atoms with Crippen molar-refractivity contribution in [3.63, 3.8) is 0 Å². The number of phenolic OH excluding ortho intramolecular Hbond substituents is 1. The van der Waals surface area contributed by atoms with Crippen LogP contribution in [0.4, 0.5) is 5.69 Å². The first-order chi connectivity index (χ1) is 13.4. The van der Waals surface area contributed by atoms with E-state index in [2.05, 4.69) is 0 Å². The van der Waals surface area contributed by atoms with E-state index >= 15 is 0 Å². The van der Waals surface area contributed by atoms with E-state index in [4.69, 9.17) is 17.0 Å². The van der Waals surface area contributed by atoms with Gasteiger partial charge >= 0.3 is 5.69 Å². The monoisotopic (exact) mass is 416 g/mol. The van der Waals surface area contributed by atoms with Gasteiger partial charge in [0.1, 0.15) is 4.32 Å². The van der Waals surface area contributed by atoms with Crippen LogP contribution in [0.2, 0.25) is 0 Å². The Balaban J connectivity index is 1.92. The Morgan fingerprint density at radius 3 is 2.68 bits per heavy atom. The Morgan fingerprint density at radius 1 is 1.32 bits per heavy atom. The van der Waals surface area contributed by atoms with E-state index in [1.54, 1.807) is 6.92 Å². The third-order valence-electron chi connectivity index (χ3n) is 3.93. The van der Waals surface area contributed by atoms with E-state index in [9.17, 15) is 20.0 Å². The number of nitrogens with zero attached hydrogens (tertiary/aromatic N) is 2. The predicted octanol–water partition coefficient (Wildman–Crippen LogP) is 4.10. The molecule has 0 spiro atoms. The maximum Gasteiger partial charge on any atom is 0.315 e. The Morgan fingerprint density at radius 2 is 2.04 bits per heavy atom. The van der Waals surface area contributed by atoms with Gasteiger partial charge in [-0.1, -0.05) is 54.3 Å². The molecular weight excluding hydrogens is 400 g/mol. The molecule has 0 unspecified atom stereocenters. The number of nitro benzene ring substituents is 1. The van der Waals surface area contributed by atoms with Gasteiger partial charge in [0, 0.05) is 6.07 Å². The zero-order chi connectivity index (χ0) is 20.3. The van der Waals surface area contributed by atoms with Crippen LogP contribution < -0.4 is 4.74 Å². The van der Waals surface area contributed by atoms with Crippen LogP contribution in [0.3, 0.4) is 0 Å². The molecule has 0 atom stereocenters. The molecule has 1 amide bonds. The summed E-state index contributed by atoms with van der Waals surface area (Å²) in [4.78, 5) is 25.1. The summed E-state index contributed by atoms with van der Waals surface area (Å²) in [5.41, 5.74) is 0.823. The van der Waals surface area contributed by atoms with Crippen molar-refractivity contribution in [2.24, 2.45) is 0 Å². The van der Waals surface area contributed by atoms with Crippen LogP contribution in [0.1, 0.15) is 18.1 Å². The molecule has 7 nitrogen and oxygen atoms in total. The first-order valence-corrected chi connectivity index (χ1v) is 9.56. The number of carbonyl (C=O) groups is 1. The van der Waals surface area contributed by atoms with E-state index in [0.717, 1.165) is 17.3 Å². The fourth-order valence-electron chi connectivity index (χ4n) is 2.66. The van der Waals surface area contributed by atoms with E-state index in [1.165, 1.54) is 23.1 Å². The molecule has 1 saturated heterocycles. The molecule has 0 saturated carbocycles.